The molecule has 0 aliphatic carbocycles. The summed E-state index contributed by atoms with van der Waals surface area (Å²) in [6.07, 6.45) is -4.41. The van der Waals surface area contributed by atoms with Crippen molar-refractivity contribution >= 4 is 23.4 Å². The molecule has 1 aromatic carbocycles. The van der Waals surface area contributed by atoms with Gasteiger partial charge in [0.1, 0.15) is 4.92 Å². The van der Waals surface area contributed by atoms with Crippen molar-refractivity contribution in [2.24, 2.45) is 5.92 Å². The maximum atomic E-state index is 12.9. The lowest BCUT2D eigenvalue weighted by molar-refractivity contribution is -0.402. The Hall–Kier alpha value is -3.57. The first kappa shape index (κ1) is 21.7. The Bertz CT molecular complexity index is 1040. The summed E-state index contributed by atoms with van der Waals surface area (Å²) in [5.74, 6) is -1.71. The molecule has 1 aromatic heterocycles. The third kappa shape index (κ3) is 4.25. The van der Waals surface area contributed by atoms with Crippen molar-refractivity contribution < 1.29 is 32.1 Å². The SMILES string of the molecule is O=C(c1ccc([N+](=O)[O-])o1)N1CC(C(=O)N2CCN(c3cccc(C(F)(F)F)c3)CC2)C1. The van der Waals surface area contributed by atoms with Gasteiger partial charge in [-0.1, -0.05) is 6.07 Å². The fourth-order valence-corrected chi connectivity index (χ4v) is 3.82. The Balaban J connectivity index is 1.28. The predicted octanol–water partition coefficient (Wildman–Crippen LogP) is 2.63. The van der Waals surface area contributed by atoms with Crippen LogP contribution in [0.25, 0.3) is 0 Å². The fraction of sp³-hybridized carbons (Fsp3) is 0.400. The highest BCUT2D eigenvalue weighted by atomic mass is 19.4. The topological polar surface area (TPSA) is 100 Å². The molecule has 4 rings (SSSR count). The number of anilines is 1. The lowest BCUT2D eigenvalue weighted by Crippen LogP contribution is -2.59. The van der Waals surface area contributed by atoms with E-state index >= 15 is 0 Å². The molecular formula is C20H19F3N4O5. The summed E-state index contributed by atoms with van der Waals surface area (Å²) in [6, 6.07) is 7.42. The number of benzene rings is 1. The number of carbonyl (C=O) groups excluding carboxylic acids is 2. The van der Waals surface area contributed by atoms with Crippen LogP contribution in [0.4, 0.5) is 24.7 Å². The molecule has 0 saturated carbocycles. The smallest absolute Gasteiger partial charge is 0.395 e. The maximum absolute atomic E-state index is 12.9. The van der Waals surface area contributed by atoms with Gasteiger partial charge in [-0.15, -0.1) is 0 Å². The van der Waals surface area contributed by atoms with Crippen LogP contribution in [0, 0.1) is 16.0 Å². The Labute approximate surface area is 180 Å². The minimum atomic E-state index is -4.41. The number of hydrogen-bond acceptors (Lipinski definition) is 6. The van der Waals surface area contributed by atoms with Crippen molar-refractivity contribution in [1.82, 2.24) is 9.80 Å². The third-order valence-corrected chi connectivity index (χ3v) is 5.63. The first-order chi connectivity index (χ1) is 15.1. The molecule has 0 bridgehead atoms. The summed E-state index contributed by atoms with van der Waals surface area (Å²) in [7, 11) is 0. The average Bonchev–Trinajstić information content (AvgIpc) is 3.23. The number of alkyl halides is 3. The van der Waals surface area contributed by atoms with E-state index in [1.807, 2.05) is 0 Å². The molecular weight excluding hydrogens is 433 g/mol. The molecule has 2 aliphatic rings. The molecule has 2 aromatic rings. The predicted molar refractivity (Wildman–Crippen MR) is 105 cm³/mol. The van der Waals surface area contributed by atoms with Crippen molar-refractivity contribution in [3.8, 4) is 0 Å². The number of carbonyl (C=O) groups is 2. The molecule has 0 radical (unpaired) electrons. The van der Waals surface area contributed by atoms with Gasteiger partial charge in [0.05, 0.1) is 17.5 Å². The molecule has 0 unspecified atom stereocenters. The second-order valence-electron chi connectivity index (χ2n) is 7.66. The normalized spacial score (nSPS) is 17.3. The highest BCUT2D eigenvalue weighted by Gasteiger charge is 2.40. The van der Waals surface area contributed by atoms with Gasteiger partial charge in [0, 0.05) is 45.0 Å². The van der Waals surface area contributed by atoms with Crippen LogP contribution in [-0.4, -0.2) is 65.8 Å². The van der Waals surface area contributed by atoms with Gasteiger partial charge >= 0.3 is 12.1 Å². The van der Waals surface area contributed by atoms with Crippen molar-refractivity contribution in [2.75, 3.05) is 44.2 Å². The van der Waals surface area contributed by atoms with Gasteiger partial charge in [0.15, 0.2) is 5.76 Å². The molecule has 3 heterocycles. The maximum Gasteiger partial charge on any atom is 0.433 e. The van der Waals surface area contributed by atoms with E-state index in [1.165, 1.54) is 17.0 Å². The molecule has 2 saturated heterocycles. The fourth-order valence-electron chi connectivity index (χ4n) is 3.82. The molecule has 2 amide bonds. The van der Waals surface area contributed by atoms with Crippen molar-refractivity contribution in [3.63, 3.8) is 0 Å². The lowest BCUT2D eigenvalue weighted by atomic mass is 9.97. The quantitative estimate of drug-likeness (QED) is 0.522. The second kappa shape index (κ2) is 8.17. The van der Waals surface area contributed by atoms with Crippen LogP contribution in [0.1, 0.15) is 16.1 Å². The van der Waals surface area contributed by atoms with E-state index in [-0.39, 0.29) is 30.7 Å². The van der Waals surface area contributed by atoms with Gasteiger partial charge in [-0.25, -0.2) is 0 Å². The number of likely N-dealkylation sites (tertiary alicyclic amines) is 1. The van der Waals surface area contributed by atoms with Crippen molar-refractivity contribution in [2.45, 2.75) is 6.18 Å². The van der Waals surface area contributed by atoms with E-state index in [1.54, 1.807) is 15.9 Å². The number of amides is 2. The van der Waals surface area contributed by atoms with Gasteiger partial charge in [-0.05, 0) is 24.3 Å². The number of nitrogens with zero attached hydrogens (tertiary/aromatic N) is 4. The van der Waals surface area contributed by atoms with E-state index in [9.17, 15) is 32.9 Å². The highest BCUT2D eigenvalue weighted by Crippen LogP contribution is 2.32. The molecule has 0 N–H and O–H groups in total. The zero-order valence-electron chi connectivity index (χ0n) is 16.7. The zero-order chi connectivity index (χ0) is 23.0. The second-order valence-corrected chi connectivity index (χ2v) is 7.66. The number of halogens is 3. The first-order valence-corrected chi connectivity index (χ1v) is 9.88. The summed E-state index contributed by atoms with van der Waals surface area (Å²) in [4.78, 5) is 39.8. The number of furan rings is 1. The minimum Gasteiger partial charge on any atom is -0.395 e. The van der Waals surface area contributed by atoms with Gasteiger partial charge in [-0.3, -0.25) is 19.7 Å². The van der Waals surface area contributed by atoms with E-state index in [0.717, 1.165) is 18.2 Å². The van der Waals surface area contributed by atoms with E-state index < -0.39 is 28.5 Å². The van der Waals surface area contributed by atoms with Crippen molar-refractivity contribution in [3.05, 3.63) is 57.8 Å². The molecule has 170 valence electrons. The first-order valence-electron chi connectivity index (χ1n) is 9.88. The summed E-state index contributed by atoms with van der Waals surface area (Å²) in [6.45, 7) is 1.89. The highest BCUT2D eigenvalue weighted by molar-refractivity contribution is 5.94. The molecule has 32 heavy (non-hydrogen) atoms. The van der Waals surface area contributed by atoms with Crippen LogP contribution in [0.2, 0.25) is 0 Å². The van der Waals surface area contributed by atoms with Gasteiger partial charge < -0.3 is 19.1 Å². The minimum absolute atomic E-state index is 0.122. The molecule has 2 fully saturated rings. The summed E-state index contributed by atoms with van der Waals surface area (Å²) in [5.41, 5.74) is -0.255. The lowest BCUT2D eigenvalue weighted by Gasteiger charge is -2.43. The summed E-state index contributed by atoms with van der Waals surface area (Å²) >= 11 is 0. The molecule has 2 aliphatic heterocycles. The van der Waals surface area contributed by atoms with Crippen LogP contribution < -0.4 is 4.90 Å². The Morgan fingerprint density at radius 1 is 1.03 bits per heavy atom. The summed E-state index contributed by atoms with van der Waals surface area (Å²) in [5, 5.41) is 10.7. The van der Waals surface area contributed by atoms with Gasteiger partial charge in [0.2, 0.25) is 5.91 Å². The average molecular weight is 452 g/mol. The van der Waals surface area contributed by atoms with Crippen LogP contribution in [-0.2, 0) is 11.0 Å². The van der Waals surface area contributed by atoms with E-state index in [2.05, 4.69) is 0 Å². The van der Waals surface area contributed by atoms with Gasteiger partial charge in [0.25, 0.3) is 5.91 Å². The Kier molecular flexibility index (Phi) is 5.53. The van der Waals surface area contributed by atoms with Gasteiger partial charge in [-0.2, -0.15) is 13.2 Å². The van der Waals surface area contributed by atoms with Crippen LogP contribution in [0.3, 0.4) is 0 Å². The summed E-state index contributed by atoms with van der Waals surface area (Å²) < 4.78 is 43.7. The molecule has 12 heteroatoms. The third-order valence-electron chi connectivity index (χ3n) is 5.63. The van der Waals surface area contributed by atoms with Crippen LogP contribution in [0.5, 0.6) is 0 Å². The molecule has 0 atom stereocenters. The Morgan fingerprint density at radius 3 is 2.31 bits per heavy atom. The molecule has 9 nitrogen and oxygen atoms in total. The number of hydrogen-bond donors (Lipinski definition) is 0. The Morgan fingerprint density at radius 2 is 1.72 bits per heavy atom. The zero-order valence-corrected chi connectivity index (χ0v) is 16.7. The number of piperazine rings is 1. The standard InChI is InChI=1S/C20H19F3N4O5/c21-20(22,23)14-2-1-3-15(10-14)24-6-8-25(9-7-24)18(28)13-11-26(12-13)19(29)16-4-5-17(32-16)27(30)31/h1-5,10,13H,6-9,11-12H2. The van der Waals surface area contributed by atoms with Crippen LogP contribution >= 0.6 is 0 Å². The van der Waals surface area contributed by atoms with Crippen molar-refractivity contribution in [1.29, 1.82) is 0 Å². The van der Waals surface area contributed by atoms with E-state index in [0.29, 0.717) is 31.9 Å². The van der Waals surface area contributed by atoms with E-state index in [4.69, 9.17) is 4.42 Å². The monoisotopic (exact) mass is 452 g/mol. The largest absolute Gasteiger partial charge is 0.433 e. The van der Waals surface area contributed by atoms with Crippen LogP contribution in [0.15, 0.2) is 40.8 Å². The molecule has 0 spiro atoms. The number of rotatable bonds is 4. The number of nitro groups is 1.